The van der Waals surface area contributed by atoms with Gasteiger partial charge in [0.25, 0.3) is 5.91 Å². The average molecular weight is 308 g/mol. The summed E-state index contributed by atoms with van der Waals surface area (Å²) in [5.74, 6) is 0.461. The van der Waals surface area contributed by atoms with Gasteiger partial charge in [0.15, 0.2) is 0 Å². The van der Waals surface area contributed by atoms with Crippen LogP contribution < -0.4 is 10.5 Å². The number of thiophene rings is 1. The van der Waals surface area contributed by atoms with E-state index in [0.717, 1.165) is 10.1 Å². The van der Waals surface area contributed by atoms with Crippen molar-refractivity contribution in [2.75, 3.05) is 26.4 Å². The summed E-state index contributed by atoms with van der Waals surface area (Å²) in [5, 5.41) is 10.6. The fourth-order valence-electron chi connectivity index (χ4n) is 2.29. The second-order valence-corrected chi connectivity index (χ2v) is 6.70. The summed E-state index contributed by atoms with van der Waals surface area (Å²) in [5.41, 5.74) is 5.62. The van der Waals surface area contributed by atoms with Crippen molar-refractivity contribution in [1.82, 2.24) is 4.90 Å². The first-order valence-corrected chi connectivity index (χ1v) is 7.39. The first-order chi connectivity index (χ1) is 9.74. The van der Waals surface area contributed by atoms with Crippen LogP contribution in [0.5, 0.6) is 5.75 Å². The highest BCUT2D eigenvalue weighted by molar-refractivity contribution is 7.21. The summed E-state index contributed by atoms with van der Waals surface area (Å²) in [6, 6.07) is 5.60. The van der Waals surface area contributed by atoms with E-state index in [1.807, 2.05) is 18.2 Å². The van der Waals surface area contributed by atoms with Gasteiger partial charge in [-0.25, -0.2) is 0 Å². The first kappa shape index (κ1) is 15.6. The van der Waals surface area contributed by atoms with Crippen LogP contribution in [-0.4, -0.2) is 42.2 Å². The van der Waals surface area contributed by atoms with Gasteiger partial charge >= 0.3 is 0 Å². The van der Waals surface area contributed by atoms with Crippen molar-refractivity contribution in [3.8, 4) is 5.75 Å². The van der Waals surface area contributed by atoms with Crippen LogP contribution in [0.3, 0.4) is 0 Å². The second kappa shape index (κ2) is 5.54. The van der Waals surface area contributed by atoms with Crippen LogP contribution in [0.1, 0.15) is 23.5 Å². The highest BCUT2D eigenvalue weighted by Gasteiger charge is 2.25. The van der Waals surface area contributed by atoms with Crippen LogP contribution in [0.2, 0.25) is 0 Å². The number of hydrogen-bond acceptors (Lipinski definition) is 5. The van der Waals surface area contributed by atoms with Crippen molar-refractivity contribution in [2.45, 2.75) is 19.4 Å². The third-order valence-corrected chi connectivity index (χ3v) is 4.26. The van der Waals surface area contributed by atoms with Gasteiger partial charge in [0.1, 0.15) is 10.6 Å². The Morgan fingerprint density at radius 2 is 2.14 bits per heavy atom. The maximum absolute atomic E-state index is 12.5. The molecular formula is C15H20N2O3S. The van der Waals surface area contributed by atoms with Crippen LogP contribution in [0.15, 0.2) is 18.2 Å². The Balaban J connectivity index is 2.43. The zero-order chi connectivity index (χ0) is 15.8. The molecule has 0 saturated carbocycles. The Morgan fingerprint density at radius 1 is 1.48 bits per heavy atom. The smallest absolute Gasteiger partial charge is 0.265 e. The zero-order valence-corrected chi connectivity index (χ0v) is 13.5. The van der Waals surface area contributed by atoms with Gasteiger partial charge in [-0.05, 0) is 26.0 Å². The van der Waals surface area contributed by atoms with Crippen molar-refractivity contribution >= 4 is 33.0 Å². The number of aliphatic hydroxyl groups is 1. The van der Waals surface area contributed by atoms with Crippen molar-refractivity contribution in [3.05, 3.63) is 23.1 Å². The molecule has 0 saturated heterocycles. The molecule has 114 valence electrons. The lowest BCUT2D eigenvalue weighted by Crippen LogP contribution is -2.39. The van der Waals surface area contributed by atoms with Crippen LogP contribution in [-0.2, 0) is 0 Å². The number of carbonyl (C=O) groups is 1. The second-order valence-electron chi connectivity index (χ2n) is 5.65. The fourth-order valence-corrected chi connectivity index (χ4v) is 3.43. The number of methoxy groups -OCH3 is 1. The minimum absolute atomic E-state index is 0.196. The molecule has 3 N–H and O–H groups in total. The van der Waals surface area contributed by atoms with E-state index in [9.17, 15) is 9.90 Å². The van der Waals surface area contributed by atoms with Crippen molar-refractivity contribution in [3.63, 3.8) is 0 Å². The van der Waals surface area contributed by atoms with Gasteiger partial charge in [-0.1, -0.05) is 6.07 Å². The molecule has 0 bridgehead atoms. The number of nitrogens with two attached hydrogens (primary N) is 1. The average Bonchev–Trinajstić information content (AvgIpc) is 2.73. The Bertz CT molecular complexity index is 673. The number of hydrogen-bond donors (Lipinski definition) is 2. The maximum Gasteiger partial charge on any atom is 0.265 e. The molecule has 6 heteroatoms. The lowest BCUT2D eigenvalue weighted by Gasteiger charge is -2.25. The Hall–Kier alpha value is -1.79. The van der Waals surface area contributed by atoms with Crippen LogP contribution in [0.4, 0.5) is 5.69 Å². The summed E-state index contributed by atoms with van der Waals surface area (Å²) in [7, 11) is 3.23. The highest BCUT2D eigenvalue weighted by Crippen LogP contribution is 2.39. The van der Waals surface area contributed by atoms with Gasteiger partial charge in [-0.15, -0.1) is 11.3 Å². The van der Waals surface area contributed by atoms with E-state index in [-0.39, 0.29) is 12.5 Å². The van der Waals surface area contributed by atoms with E-state index < -0.39 is 5.60 Å². The van der Waals surface area contributed by atoms with Gasteiger partial charge in [0, 0.05) is 18.3 Å². The molecule has 2 rings (SSSR count). The number of fused-ring (bicyclic) bond motifs is 1. The predicted octanol–water partition coefficient (Wildman–Crippen LogP) is 2.34. The lowest BCUT2D eigenvalue weighted by molar-refractivity contribution is 0.0371. The van der Waals surface area contributed by atoms with Crippen molar-refractivity contribution in [2.24, 2.45) is 0 Å². The molecule has 5 nitrogen and oxygen atoms in total. The van der Waals surface area contributed by atoms with E-state index in [2.05, 4.69) is 0 Å². The van der Waals surface area contributed by atoms with Crippen LogP contribution in [0, 0.1) is 0 Å². The Kier molecular flexibility index (Phi) is 4.11. The van der Waals surface area contributed by atoms with E-state index in [4.69, 9.17) is 10.5 Å². The third kappa shape index (κ3) is 3.11. The minimum Gasteiger partial charge on any atom is -0.496 e. The normalized spacial score (nSPS) is 11.7. The molecule has 0 fully saturated rings. The quantitative estimate of drug-likeness (QED) is 0.909. The van der Waals surface area contributed by atoms with E-state index in [1.165, 1.54) is 16.2 Å². The first-order valence-electron chi connectivity index (χ1n) is 6.57. The molecule has 0 unspecified atom stereocenters. The third-order valence-electron chi connectivity index (χ3n) is 3.10. The van der Waals surface area contributed by atoms with E-state index >= 15 is 0 Å². The Labute approximate surface area is 127 Å². The summed E-state index contributed by atoms with van der Waals surface area (Å²) < 4.78 is 6.21. The molecule has 0 radical (unpaired) electrons. The molecule has 0 aliphatic carbocycles. The number of nitrogens with zero attached hydrogens (tertiary/aromatic N) is 1. The largest absolute Gasteiger partial charge is 0.496 e. The number of amides is 1. The van der Waals surface area contributed by atoms with Gasteiger partial charge in [-0.2, -0.15) is 0 Å². The summed E-state index contributed by atoms with van der Waals surface area (Å²) in [6.07, 6.45) is 0. The summed E-state index contributed by atoms with van der Waals surface area (Å²) in [4.78, 5) is 14.5. The number of nitrogen functional groups attached to an aromatic ring is 1. The molecular weight excluding hydrogens is 288 g/mol. The van der Waals surface area contributed by atoms with Crippen LogP contribution >= 0.6 is 11.3 Å². The zero-order valence-electron chi connectivity index (χ0n) is 12.6. The number of ether oxygens (including phenoxy) is 1. The van der Waals surface area contributed by atoms with Gasteiger partial charge in [-0.3, -0.25) is 4.79 Å². The fraction of sp³-hybridized carbons (Fsp3) is 0.400. The van der Waals surface area contributed by atoms with Crippen molar-refractivity contribution in [1.29, 1.82) is 0 Å². The highest BCUT2D eigenvalue weighted by atomic mass is 32.1. The molecule has 2 aromatic rings. The topological polar surface area (TPSA) is 75.8 Å². The minimum atomic E-state index is -0.951. The van der Waals surface area contributed by atoms with Crippen molar-refractivity contribution < 1.29 is 14.6 Å². The lowest BCUT2D eigenvalue weighted by atomic mass is 10.1. The molecule has 1 aromatic heterocycles. The number of carbonyl (C=O) groups excluding carboxylic acids is 1. The molecule has 0 atom stereocenters. The number of benzene rings is 1. The SMILES string of the molecule is COc1cccc2sc(C(=O)N(C)CC(C)(C)O)c(N)c12. The van der Waals surface area contributed by atoms with Gasteiger partial charge in [0.2, 0.25) is 0 Å². The Morgan fingerprint density at radius 3 is 2.71 bits per heavy atom. The van der Waals surface area contributed by atoms with E-state index in [0.29, 0.717) is 16.3 Å². The molecule has 0 spiro atoms. The molecule has 1 amide bonds. The van der Waals surface area contributed by atoms with Gasteiger partial charge < -0.3 is 20.5 Å². The number of anilines is 1. The molecule has 1 heterocycles. The standard InChI is InChI=1S/C15H20N2O3S/c1-15(2,19)8-17(3)14(18)13-12(16)11-9(20-4)6-5-7-10(11)21-13/h5-7,19H,8,16H2,1-4H3. The number of likely N-dealkylation sites (N-methyl/N-ethyl adjacent to an activating group) is 1. The predicted molar refractivity (Wildman–Crippen MR) is 86.0 cm³/mol. The van der Waals surface area contributed by atoms with E-state index in [1.54, 1.807) is 28.0 Å². The molecule has 21 heavy (non-hydrogen) atoms. The molecule has 1 aromatic carbocycles. The monoisotopic (exact) mass is 308 g/mol. The summed E-state index contributed by atoms with van der Waals surface area (Å²) >= 11 is 1.34. The number of rotatable bonds is 4. The molecule has 0 aliphatic heterocycles. The summed E-state index contributed by atoms with van der Waals surface area (Å²) in [6.45, 7) is 3.55. The molecule has 0 aliphatic rings. The maximum atomic E-state index is 12.5. The van der Waals surface area contributed by atoms with Crippen LogP contribution in [0.25, 0.3) is 10.1 Å². The van der Waals surface area contributed by atoms with Gasteiger partial charge in [0.05, 0.1) is 23.8 Å².